The van der Waals surface area contributed by atoms with Crippen LogP contribution in [-0.2, 0) is 9.47 Å². The first kappa shape index (κ1) is 20.5. The van der Waals surface area contributed by atoms with Crippen molar-refractivity contribution in [2.75, 3.05) is 26.8 Å². The Hall–Kier alpha value is -1.78. The van der Waals surface area contributed by atoms with Gasteiger partial charge in [-0.05, 0) is 37.8 Å². The van der Waals surface area contributed by atoms with Crippen LogP contribution in [0, 0.1) is 13.8 Å². The fraction of sp³-hybridized carbons (Fsp3) is 0.545. The quantitative estimate of drug-likeness (QED) is 0.356. The monoisotopic (exact) mass is 360 g/mol. The molecule has 144 valence electrons. The van der Waals surface area contributed by atoms with Crippen molar-refractivity contribution in [2.45, 2.75) is 53.4 Å². The lowest BCUT2D eigenvalue weighted by molar-refractivity contribution is 0.0125. The van der Waals surface area contributed by atoms with E-state index < -0.39 is 0 Å². The summed E-state index contributed by atoms with van der Waals surface area (Å²) < 4.78 is 23.1. The molecule has 4 heteroatoms. The lowest BCUT2D eigenvalue weighted by Gasteiger charge is -2.19. The fourth-order valence-corrected chi connectivity index (χ4v) is 2.81. The highest BCUT2D eigenvalue weighted by molar-refractivity contribution is 5.95. The van der Waals surface area contributed by atoms with Gasteiger partial charge in [0.1, 0.15) is 11.5 Å². The highest BCUT2D eigenvalue weighted by atomic mass is 16.7. The molecule has 2 rings (SSSR count). The Morgan fingerprint density at radius 3 is 1.50 bits per heavy atom. The number of benzene rings is 2. The molecule has 0 aliphatic carbocycles. The minimum atomic E-state index is 0.268. The first-order valence-corrected chi connectivity index (χ1v) is 9.63. The molecule has 0 aromatic heterocycles. The van der Waals surface area contributed by atoms with Crippen molar-refractivity contribution in [1.82, 2.24) is 0 Å². The first-order chi connectivity index (χ1) is 12.7. The topological polar surface area (TPSA) is 36.9 Å². The molecule has 0 aliphatic rings. The molecule has 0 fully saturated rings. The van der Waals surface area contributed by atoms with Crippen molar-refractivity contribution in [3.63, 3.8) is 0 Å². The third-order valence-corrected chi connectivity index (χ3v) is 4.52. The van der Waals surface area contributed by atoms with E-state index in [-0.39, 0.29) is 13.6 Å². The Bertz CT molecular complexity index is 623. The predicted octanol–water partition coefficient (Wildman–Crippen LogP) is 5.76. The third-order valence-electron chi connectivity index (χ3n) is 4.52. The van der Waals surface area contributed by atoms with Crippen molar-refractivity contribution in [1.29, 1.82) is 0 Å². The molecule has 0 radical (unpaired) electrons. The molecule has 0 spiro atoms. The molecular formula is C22H32O4. The largest absolute Gasteiger partial charge is 0.467 e. The van der Waals surface area contributed by atoms with Gasteiger partial charge in [0.25, 0.3) is 0 Å². The van der Waals surface area contributed by atoms with E-state index in [2.05, 4.69) is 39.8 Å². The van der Waals surface area contributed by atoms with Gasteiger partial charge in [0, 0.05) is 10.8 Å². The van der Waals surface area contributed by atoms with Gasteiger partial charge in [-0.3, -0.25) is 0 Å². The number of hydrogen-bond donors (Lipinski definition) is 0. The predicted molar refractivity (Wildman–Crippen MR) is 106 cm³/mol. The van der Waals surface area contributed by atoms with E-state index in [1.54, 1.807) is 0 Å². The summed E-state index contributed by atoms with van der Waals surface area (Å²) >= 11 is 0. The maximum Gasteiger partial charge on any atom is 0.189 e. The average molecular weight is 360 g/mol. The Morgan fingerprint density at radius 1 is 0.692 bits per heavy atom. The summed E-state index contributed by atoms with van der Waals surface area (Å²) in [6.45, 7) is 10.4. The van der Waals surface area contributed by atoms with Crippen LogP contribution in [0.15, 0.2) is 24.3 Å². The molecule has 0 saturated carbocycles. The molecule has 0 unspecified atom stereocenters. The van der Waals surface area contributed by atoms with Crippen molar-refractivity contribution in [2.24, 2.45) is 0 Å². The zero-order chi connectivity index (χ0) is 18.8. The minimum absolute atomic E-state index is 0.268. The summed E-state index contributed by atoms with van der Waals surface area (Å²) in [5.41, 5.74) is 2.15. The van der Waals surface area contributed by atoms with Crippen LogP contribution >= 0.6 is 0 Å². The average Bonchev–Trinajstić information content (AvgIpc) is 2.66. The number of rotatable bonds is 12. The molecule has 0 bridgehead atoms. The van der Waals surface area contributed by atoms with Crippen LogP contribution in [0.25, 0.3) is 10.8 Å². The van der Waals surface area contributed by atoms with Gasteiger partial charge in [-0.15, -0.1) is 0 Å². The normalized spacial score (nSPS) is 11.1. The third kappa shape index (κ3) is 5.36. The molecule has 0 saturated heterocycles. The van der Waals surface area contributed by atoms with E-state index >= 15 is 0 Å². The molecule has 4 nitrogen and oxygen atoms in total. The Balaban J connectivity index is 2.18. The molecule has 0 amide bonds. The van der Waals surface area contributed by atoms with Crippen LogP contribution in [0.2, 0.25) is 0 Å². The molecule has 0 heterocycles. The van der Waals surface area contributed by atoms with Crippen molar-refractivity contribution < 1.29 is 18.9 Å². The van der Waals surface area contributed by atoms with Gasteiger partial charge < -0.3 is 18.9 Å². The number of hydrogen-bond acceptors (Lipinski definition) is 4. The summed E-state index contributed by atoms with van der Waals surface area (Å²) in [5.74, 6) is 1.74. The lowest BCUT2D eigenvalue weighted by Crippen LogP contribution is -2.08. The van der Waals surface area contributed by atoms with Crippen LogP contribution in [0.3, 0.4) is 0 Å². The molecule has 2 aromatic rings. The van der Waals surface area contributed by atoms with Crippen LogP contribution in [0.4, 0.5) is 0 Å². The van der Waals surface area contributed by atoms with Gasteiger partial charge in [0.15, 0.2) is 13.6 Å². The standard InChI is InChI=1S/C22H32O4/c1-5-7-13-23-15-25-21-17(3)18(4)22(26-16-24-14-8-6-2)20-12-10-9-11-19(20)21/h9-12H,5-8,13-16H2,1-4H3. The highest BCUT2D eigenvalue weighted by Gasteiger charge is 2.16. The Labute approximate surface area is 157 Å². The van der Waals surface area contributed by atoms with Crippen LogP contribution in [0.1, 0.15) is 50.7 Å². The maximum absolute atomic E-state index is 5.98. The number of ether oxygens (including phenoxy) is 4. The molecular weight excluding hydrogens is 328 g/mol. The zero-order valence-corrected chi connectivity index (χ0v) is 16.6. The second-order valence-corrected chi connectivity index (χ2v) is 6.50. The van der Waals surface area contributed by atoms with Gasteiger partial charge in [0.05, 0.1) is 13.2 Å². The van der Waals surface area contributed by atoms with Gasteiger partial charge in [0.2, 0.25) is 0 Å². The fourth-order valence-electron chi connectivity index (χ4n) is 2.81. The van der Waals surface area contributed by atoms with Gasteiger partial charge in [-0.25, -0.2) is 0 Å². The van der Waals surface area contributed by atoms with Crippen molar-refractivity contribution in [3.8, 4) is 11.5 Å². The van der Waals surface area contributed by atoms with Crippen LogP contribution in [-0.4, -0.2) is 26.8 Å². The molecule has 26 heavy (non-hydrogen) atoms. The summed E-state index contributed by atoms with van der Waals surface area (Å²) in [5, 5.41) is 2.08. The van der Waals surface area contributed by atoms with E-state index in [1.165, 1.54) is 0 Å². The summed E-state index contributed by atoms with van der Waals surface area (Å²) in [6, 6.07) is 8.16. The van der Waals surface area contributed by atoms with E-state index in [0.717, 1.165) is 72.3 Å². The second-order valence-electron chi connectivity index (χ2n) is 6.50. The summed E-state index contributed by atoms with van der Waals surface area (Å²) in [7, 11) is 0. The highest BCUT2D eigenvalue weighted by Crippen LogP contribution is 2.40. The molecule has 2 aromatic carbocycles. The SMILES string of the molecule is CCCCOCOc1c(C)c(C)c(OCOCCCC)c2ccccc12. The minimum Gasteiger partial charge on any atom is -0.467 e. The van der Waals surface area contributed by atoms with Gasteiger partial charge in [-0.1, -0.05) is 51.0 Å². The molecule has 0 aliphatic heterocycles. The van der Waals surface area contributed by atoms with E-state index in [9.17, 15) is 0 Å². The second kappa shape index (κ2) is 11.0. The smallest absolute Gasteiger partial charge is 0.189 e. The maximum atomic E-state index is 5.98. The Morgan fingerprint density at radius 2 is 1.12 bits per heavy atom. The number of unbranched alkanes of at least 4 members (excludes halogenated alkanes) is 2. The van der Waals surface area contributed by atoms with E-state index in [4.69, 9.17) is 18.9 Å². The number of fused-ring (bicyclic) bond motifs is 1. The Kier molecular flexibility index (Phi) is 8.72. The van der Waals surface area contributed by atoms with Crippen molar-refractivity contribution in [3.05, 3.63) is 35.4 Å². The lowest BCUT2D eigenvalue weighted by atomic mass is 9.99. The van der Waals surface area contributed by atoms with Gasteiger partial charge >= 0.3 is 0 Å². The van der Waals surface area contributed by atoms with Gasteiger partial charge in [-0.2, -0.15) is 0 Å². The van der Waals surface area contributed by atoms with E-state index in [1.807, 2.05) is 12.1 Å². The van der Waals surface area contributed by atoms with Crippen LogP contribution < -0.4 is 9.47 Å². The molecule has 0 atom stereocenters. The van der Waals surface area contributed by atoms with E-state index in [0.29, 0.717) is 0 Å². The zero-order valence-electron chi connectivity index (χ0n) is 16.6. The summed E-state index contributed by atoms with van der Waals surface area (Å²) in [6.07, 6.45) is 4.33. The molecule has 0 N–H and O–H groups in total. The van der Waals surface area contributed by atoms with Crippen LogP contribution in [0.5, 0.6) is 11.5 Å². The summed E-state index contributed by atoms with van der Waals surface area (Å²) in [4.78, 5) is 0. The first-order valence-electron chi connectivity index (χ1n) is 9.63. The van der Waals surface area contributed by atoms with Crippen molar-refractivity contribution >= 4 is 10.8 Å².